The van der Waals surface area contributed by atoms with Gasteiger partial charge in [0.1, 0.15) is 24.7 Å². The number of carbonyl (C=O) groups excluding carboxylic acids is 1. The van der Waals surface area contributed by atoms with E-state index in [0.29, 0.717) is 12.5 Å². The van der Waals surface area contributed by atoms with Crippen LogP contribution in [0.5, 0.6) is 5.75 Å². The van der Waals surface area contributed by atoms with Crippen molar-refractivity contribution < 1.29 is 9.53 Å². The molecule has 0 saturated carbocycles. The lowest BCUT2D eigenvalue weighted by molar-refractivity contribution is -0.109. The monoisotopic (exact) mass is 219 g/mol. The molecule has 0 amide bonds. The van der Waals surface area contributed by atoms with Crippen LogP contribution in [-0.2, 0) is 4.79 Å². The number of carbonyl (C=O) groups is 1. The molecule has 1 N–H and O–H groups in total. The highest BCUT2D eigenvalue weighted by Crippen LogP contribution is 2.37. The maximum Gasteiger partial charge on any atom is 0.145 e. The first-order valence-electron chi connectivity index (χ1n) is 5.73. The molecule has 0 saturated heterocycles. The van der Waals surface area contributed by atoms with Crippen LogP contribution in [0.25, 0.3) is 0 Å². The summed E-state index contributed by atoms with van der Waals surface area (Å²) in [4.78, 5) is 10.7. The Morgan fingerprint density at radius 1 is 1.62 bits per heavy atom. The highest BCUT2D eigenvalue weighted by molar-refractivity contribution is 5.71. The Morgan fingerprint density at radius 2 is 2.44 bits per heavy atom. The predicted octanol–water partition coefficient (Wildman–Crippen LogP) is 2.57. The zero-order valence-corrected chi connectivity index (χ0v) is 9.69. The van der Waals surface area contributed by atoms with Gasteiger partial charge in [-0.1, -0.05) is 26.0 Å². The van der Waals surface area contributed by atoms with Gasteiger partial charge >= 0.3 is 0 Å². The van der Waals surface area contributed by atoms with E-state index in [1.165, 1.54) is 5.56 Å². The lowest BCUT2D eigenvalue weighted by Gasteiger charge is -2.27. The molecule has 1 aromatic carbocycles. The molecule has 0 fully saturated rings. The molecule has 3 nitrogen and oxygen atoms in total. The first kappa shape index (κ1) is 11.0. The normalized spacial score (nSPS) is 20.2. The molecule has 16 heavy (non-hydrogen) atoms. The van der Waals surface area contributed by atoms with Crippen molar-refractivity contribution in [2.24, 2.45) is 0 Å². The SMILES string of the molecule is CCC(C)c1cccc2c1OCC(C=O)N2. The minimum Gasteiger partial charge on any atom is -0.489 e. The number of nitrogens with one attached hydrogen (secondary N) is 1. The lowest BCUT2D eigenvalue weighted by atomic mass is 9.96. The van der Waals surface area contributed by atoms with E-state index in [0.717, 1.165) is 24.1 Å². The van der Waals surface area contributed by atoms with Crippen LogP contribution in [0.3, 0.4) is 0 Å². The maximum absolute atomic E-state index is 10.7. The van der Waals surface area contributed by atoms with Crippen molar-refractivity contribution in [2.45, 2.75) is 32.2 Å². The van der Waals surface area contributed by atoms with E-state index in [1.54, 1.807) is 0 Å². The van der Waals surface area contributed by atoms with Gasteiger partial charge in [-0.3, -0.25) is 0 Å². The molecule has 0 aromatic heterocycles. The number of para-hydroxylation sites is 1. The summed E-state index contributed by atoms with van der Waals surface area (Å²) in [5.41, 5.74) is 2.15. The quantitative estimate of drug-likeness (QED) is 0.794. The Hall–Kier alpha value is -1.51. The van der Waals surface area contributed by atoms with Crippen LogP contribution >= 0.6 is 0 Å². The van der Waals surface area contributed by atoms with Gasteiger partial charge in [-0.05, 0) is 24.0 Å². The van der Waals surface area contributed by atoms with Crippen LogP contribution in [0.4, 0.5) is 5.69 Å². The summed E-state index contributed by atoms with van der Waals surface area (Å²) in [6.07, 6.45) is 1.97. The second-order valence-corrected chi connectivity index (χ2v) is 4.23. The smallest absolute Gasteiger partial charge is 0.145 e. The van der Waals surface area contributed by atoms with E-state index < -0.39 is 0 Å². The average Bonchev–Trinajstić information content (AvgIpc) is 2.36. The van der Waals surface area contributed by atoms with Crippen molar-refractivity contribution in [3.8, 4) is 5.75 Å². The predicted molar refractivity (Wildman–Crippen MR) is 64.1 cm³/mol. The summed E-state index contributed by atoms with van der Waals surface area (Å²) < 4.78 is 5.69. The molecular weight excluding hydrogens is 202 g/mol. The first-order valence-corrected chi connectivity index (χ1v) is 5.73. The van der Waals surface area contributed by atoms with Crippen molar-refractivity contribution in [1.82, 2.24) is 0 Å². The van der Waals surface area contributed by atoms with E-state index in [4.69, 9.17) is 4.74 Å². The molecule has 0 spiro atoms. The number of hydrogen-bond acceptors (Lipinski definition) is 3. The Kier molecular flexibility index (Phi) is 3.13. The number of rotatable bonds is 3. The molecule has 3 heteroatoms. The third-order valence-corrected chi connectivity index (χ3v) is 3.10. The minimum absolute atomic E-state index is 0.223. The Labute approximate surface area is 95.8 Å². The van der Waals surface area contributed by atoms with E-state index in [9.17, 15) is 4.79 Å². The molecule has 86 valence electrons. The fourth-order valence-corrected chi connectivity index (χ4v) is 1.93. The number of anilines is 1. The van der Waals surface area contributed by atoms with Crippen LogP contribution < -0.4 is 10.1 Å². The molecule has 0 radical (unpaired) electrons. The Morgan fingerprint density at radius 3 is 3.12 bits per heavy atom. The lowest BCUT2D eigenvalue weighted by Crippen LogP contribution is -2.33. The van der Waals surface area contributed by atoms with Gasteiger partial charge < -0.3 is 14.8 Å². The molecule has 1 aliphatic rings. The van der Waals surface area contributed by atoms with Crippen LogP contribution in [0.2, 0.25) is 0 Å². The van der Waals surface area contributed by atoms with Crippen LogP contribution in [-0.4, -0.2) is 18.9 Å². The number of benzene rings is 1. The highest BCUT2D eigenvalue weighted by atomic mass is 16.5. The van der Waals surface area contributed by atoms with Gasteiger partial charge in [0.15, 0.2) is 0 Å². The van der Waals surface area contributed by atoms with Crippen molar-refractivity contribution in [3.63, 3.8) is 0 Å². The summed E-state index contributed by atoms with van der Waals surface area (Å²) in [5, 5.41) is 3.17. The summed E-state index contributed by atoms with van der Waals surface area (Å²) in [5.74, 6) is 1.39. The highest BCUT2D eigenvalue weighted by Gasteiger charge is 2.22. The largest absolute Gasteiger partial charge is 0.489 e. The van der Waals surface area contributed by atoms with Crippen molar-refractivity contribution >= 4 is 12.0 Å². The number of aldehydes is 1. The Balaban J connectivity index is 2.34. The maximum atomic E-state index is 10.7. The standard InChI is InChI=1S/C13H17NO2/c1-3-9(2)11-5-4-6-12-13(11)16-8-10(7-15)14-12/h4-7,9-10,14H,3,8H2,1-2H3. The summed E-state index contributed by atoms with van der Waals surface area (Å²) in [6, 6.07) is 5.83. The average molecular weight is 219 g/mol. The molecule has 1 heterocycles. The molecule has 1 aliphatic heterocycles. The van der Waals surface area contributed by atoms with Crippen molar-refractivity contribution in [2.75, 3.05) is 11.9 Å². The molecule has 0 bridgehead atoms. The summed E-state index contributed by atoms with van der Waals surface area (Å²) >= 11 is 0. The van der Waals surface area contributed by atoms with Crippen LogP contribution in [0.1, 0.15) is 31.7 Å². The fraction of sp³-hybridized carbons (Fsp3) is 0.462. The molecular formula is C13H17NO2. The topological polar surface area (TPSA) is 38.3 Å². The van der Waals surface area contributed by atoms with Crippen LogP contribution in [0.15, 0.2) is 18.2 Å². The van der Waals surface area contributed by atoms with Crippen molar-refractivity contribution in [3.05, 3.63) is 23.8 Å². The molecule has 2 unspecified atom stereocenters. The van der Waals surface area contributed by atoms with Crippen molar-refractivity contribution in [1.29, 1.82) is 0 Å². The van der Waals surface area contributed by atoms with Gasteiger partial charge in [-0.15, -0.1) is 0 Å². The van der Waals surface area contributed by atoms with Gasteiger partial charge in [0, 0.05) is 0 Å². The summed E-state index contributed by atoms with van der Waals surface area (Å²) in [7, 11) is 0. The number of hydrogen-bond donors (Lipinski definition) is 1. The zero-order chi connectivity index (χ0) is 11.5. The molecule has 2 rings (SSSR count). The van der Waals surface area contributed by atoms with Gasteiger partial charge in [0.25, 0.3) is 0 Å². The molecule has 2 atom stereocenters. The van der Waals surface area contributed by atoms with E-state index in [2.05, 4.69) is 25.2 Å². The zero-order valence-electron chi connectivity index (χ0n) is 9.69. The number of ether oxygens (including phenoxy) is 1. The third kappa shape index (κ3) is 1.90. The second-order valence-electron chi connectivity index (χ2n) is 4.23. The third-order valence-electron chi connectivity index (χ3n) is 3.10. The minimum atomic E-state index is -0.223. The van der Waals surface area contributed by atoms with Gasteiger partial charge in [0.2, 0.25) is 0 Å². The van der Waals surface area contributed by atoms with Gasteiger partial charge in [-0.2, -0.15) is 0 Å². The fourth-order valence-electron chi connectivity index (χ4n) is 1.93. The van der Waals surface area contributed by atoms with E-state index >= 15 is 0 Å². The number of fused-ring (bicyclic) bond motifs is 1. The molecule has 1 aromatic rings. The van der Waals surface area contributed by atoms with Gasteiger partial charge in [-0.25, -0.2) is 0 Å². The van der Waals surface area contributed by atoms with Crippen LogP contribution in [0, 0.1) is 0 Å². The summed E-state index contributed by atoms with van der Waals surface area (Å²) in [6.45, 7) is 4.77. The first-order chi connectivity index (χ1) is 7.76. The second kappa shape index (κ2) is 4.56. The van der Waals surface area contributed by atoms with Gasteiger partial charge in [0.05, 0.1) is 5.69 Å². The van der Waals surface area contributed by atoms with E-state index in [1.807, 2.05) is 12.1 Å². The van der Waals surface area contributed by atoms with E-state index in [-0.39, 0.29) is 6.04 Å². The molecule has 0 aliphatic carbocycles. The Bertz CT molecular complexity index is 390.